The molecule has 5 nitrogen and oxygen atoms in total. The van der Waals surface area contributed by atoms with Crippen LogP contribution in [0.5, 0.6) is 0 Å². The first kappa shape index (κ1) is 15.8. The molecule has 0 saturated heterocycles. The summed E-state index contributed by atoms with van der Waals surface area (Å²) in [4.78, 5) is 29.2. The summed E-state index contributed by atoms with van der Waals surface area (Å²) in [7, 11) is 0. The lowest BCUT2D eigenvalue weighted by Crippen LogP contribution is -2.34. The van der Waals surface area contributed by atoms with Crippen LogP contribution >= 0.6 is 0 Å². The quantitative estimate of drug-likeness (QED) is 0.733. The molecule has 2 aromatic carbocycles. The van der Waals surface area contributed by atoms with E-state index in [2.05, 4.69) is 4.98 Å². The first-order valence-electron chi connectivity index (χ1n) is 7.79. The van der Waals surface area contributed by atoms with Crippen molar-refractivity contribution < 1.29 is 14.3 Å². The molecule has 0 atom stereocenters. The smallest absolute Gasteiger partial charge is 0.340 e. The number of carbonyl (C=O) groups excluding carboxylic acids is 2. The number of esters is 1. The van der Waals surface area contributed by atoms with Crippen molar-refractivity contribution in [3.8, 4) is 0 Å². The number of hydrogen-bond acceptors (Lipinski definition) is 3. The van der Waals surface area contributed by atoms with Crippen molar-refractivity contribution in [3.05, 3.63) is 66.4 Å². The van der Waals surface area contributed by atoms with Gasteiger partial charge in [-0.05, 0) is 25.1 Å². The molecular weight excluding hydrogens is 304 g/mol. The van der Waals surface area contributed by atoms with Crippen LogP contribution < -0.4 is 4.90 Å². The number of nitrogens with zero attached hydrogens (tertiary/aromatic N) is 1. The third kappa shape index (κ3) is 3.15. The topological polar surface area (TPSA) is 62.4 Å². The van der Waals surface area contributed by atoms with Gasteiger partial charge in [-0.25, -0.2) is 4.79 Å². The van der Waals surface area contributed by atoms with Crippen molar-refractivity contribution in [1.82, 2.24) is 4.98 Å². The van der Waals surface area contributed by atoms with E-state index in [1.165, 1.54) is 0 Å². The van der Waals surface area contributed by atoms with Gasteiger partial charge in [0.15, 0.2) is 6.61 Å². The zero-order valence-electron chi connectivity index (χ0n) is 13.4. The average molecular weight is 322 g/mol. The normalized spacial score (nSPS) is 10.5. The molecule has 0 aliphatic rings. The van der Waals surface area contributed by atoms with Crippen molar-refractivity contribution in [2.45, 2.75) is 6.92 Å². The molecule has 1 heterocycles. The molecule has 0 radical (unpaired) electrons. The molecular formula is C19H18N2O3. The Bertz CT molecular complexity index is 855. The number of hydrogen-bond donors (Lipinski definition) is 1. The second-order valence-electron chi connectivity index (χ2n) is 5.30. The highest BCUT2D eigenvalue weighted by molar-refractivity contribution is 6.05. The largest absolute Gasteiger partial charge is 0.452 e. The molecule has 3 rings (SSSR count). The minimum atomic E-state index is -0.509. The highest BCUT2D eigenvalue weighted by atomic mass is 16.5. The Morgan fingerprint density at radius 3 is 2.50 bits per heavy atom. The minimum absolute atomic E-state index is 0.253. The number of ether oxygens (including phenoxy) is 1. The summed E-state index contributed by atoms with van der Waals surface area (Å²) in [5.74, 6) is -0.762. The van der Waals surface area contributed by atoms with E-state index >= 15 is 0 Å². The number of amides is 1. The number of rotatable bonds is 5. The Morgan fingerprint density at radius 2 is 1.75 bits per heavy atom. The van der Waals surface area contributed by atoms with Crippen molar-refractivity contribution in [2.24, 2.45) is 0 Å². The van der Waals surface area contributed by atoms with E-state index in [-0.39, 0.29) is 12.5 Å². The molecule has 24 heavy (non-hydrogen) atoms. The van der Waals surface area contributed by atoms with E-state index in [4.69, 9.17) is 4.74 Å². The van der Waals surface area contributed by atoms with E-state index in [1.54, 1.807) is 11.1 Å². The molecule has 1 aromatic heterocycles. The minimum Gasteiger partial charge on any atom is -0.452 e. The summed E-state index contributed by atoms with van der Waals surface area (Å²) in [6, 6.07) is 16.8. The second kappa shape index (κ2) is 7.00. The van der Waals surface area contributed by atoms with Gasteiger partial charge in [0.2, 0.25) is 0 Å². The van der Waals surface area contributed by atoms with Gasteiger partial charge in [-0.3, -0.25) is 4.79 Å². The van der Waals surface area contributed by atoms with Gasteiger partial charge in [-0.2, -0.15) is 0 Å². The number of nitrogens with one attached hydrogen (secondary N) is 1. The van der Waals surface area contributed by atoms with Gasteiger partial charge in [0.25, 0.3) is 5.91 Å². The van der Waals surface area contributed by atoms with Crippen LogP contribution in [0.1, 0.15) is 17.3 Å². The predicted octanol–water partition coefficient (Wildman–Crippen LogP) is 3.38. The number of carbonyl (C=O) groups is 2. The third-order valence-corrected chi connectivity index (χ3v) is 3.82. The zero-order valence-corrected chi connectivity index (χ0v) is 13.4. The predicted molar refractivity (Wildman–Crippen MR) is 93.1 cm³/mol. The van der Waals surface area contributed by atoms with Gasteiger partial charge in [-0.1, -0.05) is 36.4 Å². The molecule has 122 valence electrons. The van der Waals surface area contributed by atoms with Crippen LogP contribution in [0.4, 0.5) is 5.69 Å². The maximum Gasteiger partial charge on any atom is 0.340 e. The van der Waals surface area contributed by atoms with Gasteiger partial charge < -0.3 is 14.6 Å². The fraction of sp³-hybridized carbons (Fsp3) is 0.158. The Labute approximate surface area is 139 Å². The Hall–Kier alpha value is -3.08. The van der Waals surface area contributed by atoms with Crippen LogP contribution in [0.15, 0.2) is 60.8 Å². The Kier molecular flexibility index (Phi) is 4.61. The lowest BCUT2D eigenvalue weighted by atomic mass is 10.2. The molecule has 0 fully saturated rings. The summed E-state index contributed by atoms with van der Waals surface area (Å²) in [5, 5.41) is 0.783. The number of fused-ring (bicyclic) bond motifs is 1. The van der Waals surface area contributed by atoms with E-state index in [0.29, 0.717) is 12.1 Å². The maximum atomic E-state index is 12.4. The molecule has 0 spiro atoms. The first-order valence-corrected chi connectivity index (χ1v) is 7.79. The van der Waals surface area contributed by atoms with Crippen LogP contribution in [0.2, 0.25) is 0 Å². The summed E-state index contributed by atoms with van der Waals surface area (Å²) in [6.45, 7) is 2.10. The standard InChI is InChI=1S/C19H18N2O3/c1-2-21(14-8-4-3-5-9-14)18(22)13-24-19(23)16-12-20-17-11-7-6-10-15(16)17/h3-12,20H,2,13H2,1H3. The monoisotopic (exact) mass is 322 g/mol. The zero-order chi connectivity index (χ0) is 16.9. The first-order chi connectivity index (χ1) is 11.7. The van der Waals surface area contributed by atoms with E-state index in [0.717, 1.165) is 16.6 Å². The molecule has 1 N–H and O–H groups in total. The lowest BCUT2D eigenvalue weighted by molar-refractivity contribution is -0.121. The van der Waals surface area contributed by atoms with Crippen LogP contribution in [0.3, 0.4) is 0 Å². The molecule has 0 bridgehead atoms. The molecule has 3 aromatic rings. The SMILES string of the molecule is CCN(C(=O)COC(=O)c1c[nH]c2ccccc12)c1ccccc1. The molecule has 0 aliphatic heterocycles. The van der Waals surface area contributed by atoms with Crippen molar-refractivity contribution in [2.75, 3.05) is 18.1 Å². The Morgan fingerprint density at radius 1 is 1.04 bits per heavy atom. The number of anilines is 1. The number of aromatic nitrogens is 1. The Balaban J connectivity index is 1.68. The van der Waals surface area contributed by atoms with Crippen molar-refractivity contribution in [3.63, 3.8) is 0 Å². The van der Waals surface area contributed by atoms with Gasteiger partial charge in [0.05, 0.1) is 5.56 Å². The van der Waals surface area contributed by atoms with Crippen LogP contribution in [-0.4, -0.2) is 30.0 Å². The van der Waals surface area contributed by atoms with Crippen molar-refractivity contribution >= 4 is 28.5 Å². The third-order valence-electron chi connectivity index (χ3n) is 3.82. The highest BCUT2D eigenvalue weighted by Gasteiger charge is 2.18. The van der Waals surface area contributed by atoms with Crippen LogP contribution in [-0.2, 0) is 9.53 Å². The van der Waals surface area contributed by atoms with Gasteiger partial charge >= 0.3 is 5.97 Å². The molecule has 0 saturated carbocycles. The number of H-pyrrole nitrogens is 1. The number of para-hydroxylation sites is 2. The van der Waals surface area contributed by atoms with Gasteiger partial charge in [0, 0.05) is 29.3 Å². The average Bonchev–Trinajstić information content (AvgIpc) is 3.05. The van der Waals surface area contributed by atoms with E-state index in [9.17, 15) is 9.59 Å². The van der Waals surface area contributed by atoms with Gasteiger partial charge in [0.1, 0.15) is 0 Å². The number of aromatic amines is 1. The second-order valence-corrected chi connectivity index (χ2v) is 5.30. The molecule has 0 unspecified atom stereocenters. The highest BCUT2D eigenvalue weighted by Crippen LogP contribution is 2.19. The summed E-state index contributed by atoms with van der Waals surface area (Å²) in [5.41, 5.74) is 2.07. The lowest BCUT2D eigenvalue weighted by Gasteiger charge is -2.20. The van der Waals surface area contributed by atoms with E-state index in [1.807, 2.05) is 61.5 Å². The van der Waals surface area contributed by atoms with Crippen molar-refractivity contribution in [1.29, 1.82) is 0 Å². The van der Waals surface area contributed by atoms with E-state index < -0.39 is 5.97 Å². The summed E-state index contributed by atoms with van der Waals surface area (Å²) >= 11 is 0. The molecule has 1 amide bonds. The fourth-order valence-electron chi connectivity index (χ4n) is 2.63. The summed E-state index contributed by atoms with van der Waals surface area (Å²) < 4.78 is 5.21. The molecule has 0 aliphatic carbocycles. The molecule has 5 heteroatoms. The number of benzene rings is 2. The van der Waals surface area contributed by atoms with Crippen LogP contribution in [0.25, 0.3) is 10.9 Å². The van der Waals surface area contributed by atoms with Crippen LogP contribution in [0, 0.1) is 0 Å². The maximum absolute atomic E-state index is 12.4. The fourth-order valence-corrected chi connectivity index (χ4v) is 2.63. The number of likely N-dealkylation sites (N-methyl/N-ethyl adjacent to an activating group) is 1. The summed E-state index contributed by atoms with van der Waals surface area (Å²) in [6.07, 6.45) is 1.60. The van der Waals surface area contributed by atoms with Gasteiger partial charge in [-0.15, -0.1) is 0 Å².